The van der Waals surface area contributed by atoms with E-state index in [-0.39, 0.29) is 5.78 Å². The molecule has 2 aromatic carbocycles. The Bertz CT molecular complexity index is 549. The van der Waals surface area contributed by atoms with Crippen LogP contribution in [0, 0.1) is 0 Å². The van der Waals surface area contributed by atoms with Crippen LogP contribution in [0.3, 0.4) is 0 Å². The van der Waals surface area contributed by atoms with E-state index in [1.165, 1.54) is 0 Å². The van der Waals surface area contributed by atoms with Gasteiger partial charge in [-0.1, -0.05) is 18.2 Å². The smallest absolute Gasteiger partial charge is 0.164 e. The van der Waals surface area contributed by atoms with E-state index in [1.54, 1.807) is 7.11 Å². The monoisotopic (exact) mass is 248 g/mol. The number of ketones is 1. The zero-order valence-electron chi connectivity index (χ0n) is 9.57. The summed E-state index contributed by atoms with van der Waals surface area (Å²) in [6.45, 7) is 0. The zero-order valence-corrected chi connectivity index (χ0v) is 10.3. The van der Waals surface area contributed by atoms with Crippen LogP contribution in [0.4, 0.5) is 0 Å². The number of hydrogen-bond acceptors (Lipinski definition) is 2. The summed E-state index contributed by atoms with van der Waals surface area (Å²) in [7, 11) is 1.64. The molecule has 0 bridgehead atoms. The number of hydrogen-bond donors (Lipinski definition) is 0. The summed E-state index contributed by atoms with van der Waals surface area (Å²) < 4.78 is 5.15. The summed E-state index contributed by atoms with van der Waals surface area (Å²) in [6, 6.07) is 11.4. The van der Waals surface area contributed by atoms with E-state index in [1.807, 2.05) is 36.4 Å². The van der Waals surface area contributed by atoms with Crippen molar-refractivity contribution < 1.29 is 9.53 Å². The molecule has 17 heavy (non-hydrogen) atoms. The fourth-order valence-corrected chi connectivity index (χ4v) is 1.93. The molecule has 0 aliphatic carbocycles. The predicted octanol–water partition coefficient (Wildman–Crippen LogP) is 3.66. The summed E-state index contributed by atoms with van der Waals surface area (Å²) in [6.07, 6.45) is 0.378. The third-order valence-corrected chi connectivity index (χ3v) is 2.88. The number of alkyl halides is 1. The van der Waals surface area contributed by atoms with Gasteiger partial charge in [-0.25, -0.2) is 0 Å². The number of rotatable bonds is 4. The van der Waals surface area contributed by atoms with Gasteiger partial charge in [0.25, 0.3) is 0 Å². The van der Waals surface area contributed by atoms with Crippen LogP contribution in [0.25, 0.3) is 10.8 Å². The molecule has 3 heteroatoms. The van der Waals surface area contributed by atoms with Crippen molar-refractivity contribution in [1.29, 1.82) is 0 Å². The van der Waals surface area contributed by atoms with Crippen LogP contribution in [0.2, 0.25) is 0 Å². The number of Topliss-reactive ketones (excluding diaryl/α,β-unsaturated/α-hetero) is 1. The molecule has 0 heterocycles. The Hall–Kier alpha value is -1.54. The molecular weight excluding hydrogens is 236 g/mol. The number of carbonyl (C=O) groups is 1. The van der Waals surface area contributed by atoms with Gasteiger partial charge in [0.05, 0.1) is 7.11 Å². The molecule has 0 aliphatic rings. The first-order valence-corrected chi connectivity index (χ1v) is 5.95. The topological polar surface area (TPSA) is 26.3 Å². The molecule has 2 rings (SSSR count). The number of fused-ring (bicyclic) bond motifs is 1. The number of halogens is 1. The summed E-state index contributed by atoms with van der Waals surface area (Å²) >= 11 is 5.57. The van der Waals surface area contributed by atoms with Crippen molar-refractivity contribution in [2.45, 2.75) is 6.42 Å². The minimum atomic E-state index is 0.0812. The molecule has 88 valence electrons. The SMILES string of the molecule is COc1ccc2cc(C(=O)CCCl)ccc2c1. The lowest BCUT2D eigenvalue weighted by molar-refractivity contribution is 0.0989. The van der Waals surface area contributed by atoms with E-state index in [0.29, 0.717) is 17.9 Å². The van der Waals surface area contributed by atoms with E-state index in [0.717, 1.165) is 16.5 Å². The maximum absolute atomic E-state index is 11.7. The van der Waals surface area contributed by atoms with Crippen LogP contribution < -0.4 is 4.74 Å². The van der Waals surface area contributed by atoms with Crippen molar-refractivity contribution in [2.24, 2.45) is 0 Å². The highest BCUT2D eigenvalue weighted by Gasteiger charge is 2.06. The fourth-order valence-electron chi connectivity index (χ4n) is 1.75. The highest BCUT2D eigenvalue weighted by Crippen LogP contribution is 2.22. The van der Waals surface area contributed by atoms with Crippen molar-refractivity contribution in [3.05, 3.63) is 42.0 Å². The van der Waals surface area contributed by atoms with Crippen molar-refractivity contribution in [3.8, 4) is 5.75 Å². The Kier molecular flexibility index (Phi) is 3.64. The van der Waals surface area contributed by atoms with Gasteiger partial charge in [-0.15, -0.1) is 11.6 Å². The van der Waals surface area contributed by atoms with E-state index in [4.69, 9.17) is 16.3 Å². The molecule has 0 spiro atoms. The van der Waals surface area contributed by atoms with Crippen molar-refractivity contribution in [2.75, 3.05) is 13.0 Å². The van der Waals surface area contributed by atoms with E-state index >= 15 is 0 Å². The van der Waals surface area contributed by atoms with Gasteiger partial charge >= 0.3 is 0 Å². The van der Waals surface area contributed by atoms with Crippen molar-refractivity contribution in [1.82, 2.24) is 0 Å². The normalized spacial score (nSPS) is 10.5. The molecule has 0 aromatic heterocycles. The predicted molar refractivity (Wildman–Crippen MR) is 70.2 cm³/mol. The molecular formula is C14H13ClO2. The van der Waals surface area contributed by atoms with Gasteiger partial charge in [-0.3, -0.25) is 4.79 Å². The van der Waals surface area contributed by atoms with Crippen molar-refractivity contribution >= 4 is 28.2 Å². The van der Waals surface area contributed by atoms with Crippen LogP contribution in [-0.4, -0.2) is 18.8 Å². The molecule has 0 saturated carbocycles. The van der Waals surface area contributed by atoms with Gasteiger partial charge in [0.2, 0.25) is 0 Å². The van der Waals surface area contributed by atoms with Gasteiger partial charge in [-0.2, -0.15) is 0 Å². The molecule has 2 aromatic rings. The number of methoxy groups -OCH3 is 1. The van der Waals surface area contributed by atoms with E-state index in [2.05, 4.69) is 0 Å². The standard InChI is InChI=1S/C14H13ClO2/c1-17-13-5-4-10-8-12(14(16)6-7-15)3-2-11(10)9-13/h2-5,8-9H,6-7H2,1H3. The number of benzene rings is 2. The average molecular weight is 249 g/mol. The second-order valence-electron chi connectivity index (χ2n) is 3.79. The van der Waals surface area contributed by atoms with E-state index < -0.39 is 0 Å². The molecule has 0 unspecified atom stereocenters. The maximum atomic E-state index is 11.7. The van der Waals surface area contributed by atoms with Crippen molar-refractivity contribution in [3.63, 3.8) is 0 Å². The summed E-state index contributed by atoms with van der Waals surface area (Å²) in [5, 5.41) is 2.10. The number of carbonyl (C=O) groups excluding carboxylic acids is 1. The molecule has 0 saturated heterocycles. The largest absolute Gasteiger partial charge is 0.497 e. The third-order valence-electron chi connectivity index (χ3n) is 2.69. The van der Waals surface area contributed by atoms with Crippen LogP contribution in [0.15, 0.2) is 36.4 Å². The summed E-state index contributed by atoms with van der Waals surface area (Å²) in [5.41, 5.74) is 0.711. The highest BCUT2D eigenvalue weighted by molar-refractivity contribution is 6.19. The van der Waals surface area contributed by atoms with Crippen LogP contribution in [-0.2, 0) is 0 Å². The first-order chi connectivity index (χ1) is 8.24. The Balaban J connectivity index is 2.41. The first kappa shape index (κ1) is 11.9. The van der Waals surface area contributed by atoms with Crippen LogP contribution in [0.5, 0.6) is 5.75 Å². The minimum Gasteiger partial charge on any atom is -0.497 e. The lowest BCUT2D eigenvalue weighted by atomic mass is 10.0. The maximum Gasteiger partial charge on any atom is 0.164 e. The molecule has 0 aliphatic heterocycles. The summed E-state index contributed by atoms with van der Waals surface area (Å²) in [4.78, 5) is 11.7. The molecule has 0 fully saturated rings. The Morgan fingerprint density at radius 3 is 2.59 bits per heavy atom. The molecule has 0 amide bonds. The molecule has 0 radical (unpaired) electrons. The summed E-state index contributed by atoms with van der Waals surface area (Å²) in [5.74, 6) is 1.26. The lowest BCUT2D eigenvalue weighted by Gasteiger charge is -2.04. The first-order valence-electron chi connectivity index (χ1n) is 5.41. The van der Waals surface area contributed by atoms with Gasteiger partial charge in [0.15, 0.2) is 5.78 Å². The van der Waals surface area contributed by atoms with Crippen LogP contribution in [0.1, 0.15) is 16.8 Å². The number of ether oxygens (including phenoxy) is 1. The third kappa shape index (κ3) is 2.59. The Labute approximate surface area is 105 Å². The second kappa shape index (κ2) is 5.19. The molecule has 0 atom stereocenters. The van der Waals surface area contributed by atoms with E-state index in [9.17, 15) is 4.79 Å². The zero-order chi connectivity index (χ0) is 12.3. The van der Waals surface area contributed by atoms with Gasteiger partial charge in [0, 0.05) is 17.9 Å². The average Bonchev–Trinajstić information content (AvgIpc) is 2.37. The fraction of sp³-hybridized carbons (Fsp3) is 0.214. The lowest BCUT2D eigenvalue weighted by Crippen LogP contribution is -1.99. The molecule has 2 nitrogen and oxygen atoms in total. The Morgan fingerprint density at radius 2 is 1.88 bits per heavy atom. The second-order valence-corrected chi connectivity index (χ2v) is 4.17. The Morgan fingerprint density at radius 1 is 1.18 bits per heavy atom. The quantitative estimate of drug-likeness (QED) is 0.610. The van der Waals surface area contributed by atoms with Gasteiger partial charge < -0.3 is 4.74 Å². The molecule has 0 N–H and O–H groups in total. The van der Waals surface area contributed by atoms with Gasteiger partial charge in [0.1, 0.15) is 5.75 Å². The van der Waals surface area contributed by atoms with Gasteiger partial charge in [-0.05, 0) is 29.0 Å². The minimum absolute atomic E-state index is 0.0812. The highest BCUT2D eigenvalue weighted by atomic mass is 35.5. The van der Waals surface area contributed by atoms with Crippen LogP contribution >= 0.6 is 11.6 Å².